The highest BCUT2D eigenvalue weighted by molar-refractivity contribution is 6.32. The largest absolute Gasteiger partial charge is 0.494 e. The van der Waals surface area contributed by atoms with E-state index in [2.05, 4.69) is 23.6 Å². The second-order valence-electron chi connectivity index (χ2n) is 15.0. The molecule has 0 radical (unpaired) electrons. The van der Waals surface area contributed by atoms with Crippen molar-refractivity contribution in [3.05, 3.63) is 99.1 Å². The summed E-state index contributed by atoms with van der Waals surface area (Å²) in [5.74, 6) is -0.523. The van der Waals surface area contributed by atoms with E-state index in [0.717, 1.165) is 79.1 Å². The molecule has 0 aliphatic carbocycles. The number of aromatic carboxylic acids is 1. The van der Waals surface area contributed by atoms with Gasteiger partial charge in [0.15, 0.2) is 0 Å². The number of carboxylic acids is 1. The van der Waals surface area contributed by atoms with Gasteiger partial charge >= 0.3 is 5.97 Å². The highest BCUT2D eigenvalue weighted by Crippen LogP contribution is 2.46. The highest BCUT2D eigenvalue weighted by atomic mass is 35.5. The lowest BCUT2D eigenvalue weighted by atomic mass is 9.98. The van der Waals surface area contributed by atoms with Crippen LogP contribution in [-0.4, -0.2) is 60.7 Å². The Labute approximate surface area is 330 Å². The van der Waals surface area contributed by atoms with Crippen molar-refractivity contribution < 1.29 is 24.2 Å². The van der Waals surface area contributed by atoms with E-state index in [1.54, 1.807) is 15.5 Å². The van der Waals surface area contributed by atoms with Crippen molar-refractivity contribution >= 4 is 62.6 Å². The Morgan fingerprint density at radius 2 is 1.80 bits per heavy atom. The molecule has 6 aromatic rings. The summed E-state index contributed by atoms with van der Waals surface area (Å²) in [7, 11) is 1.94. The van der Waals surface area contributed by atoms with E-state index in [0.29, 0.717) is 49.5 Å². The van der Waals surface area contributed by atoms with Crippen molar-refractivity contribution in [2.45, 2.75) is 84.5 Å². The number of para-hydroxylation sites is 2. The van der Waals surface area contributed by atoms with Crippen LogP contribution in [0.5, 0.6) is 5.75 Å². The molecule has 286 valence electrons. The molecular formula is C43H45Cl2N5O5. The smallest absolute Gasteiger partial charge is 0.352 e. The SMILES string of the molecule is Cc1cc(OCCCc2c3n(c4c(-c5c(C)nn(C)c5C)cccc24)C(C)[C@@H](Cl)N(c2cccc4cc(C(=O)O)n(CC5CCCO5)c24)C3=O)cc(C)c1Cl. The Morgan fingerprint density at radius 3 is 2.47 bits per heavy atom. The van der Waals surface area contributed by atoms with Crippen molar-refractivity contribution in [1.82, 2.24) is 18.9 Å². The topological polar surface area (TPSA) is 104 Å². The molecule has 5 heterocycles. The predicted octanol–water partition coefficient (Wildman–Crippen LogP) is 9.56. The first-order valence-corrected chi connectivity index (χ1v) is 19.7. The average Bonchev–Trinajstić information content (AvgIpc) is 3.93. The summed E-state index contributed by atoms with van der Waals surface area (Å²) in [6.07, 6.45) is 2.85. The van der Waals surface area contributed by atoms with Crippen LogP contribution in [0.2, 0.25) is 5.02 Å². The normalized spacial score (nSPS) is 18.5. The number of fused-ring (bicyclic) bond motifs is 4. The number of amides is 1. The number of carboxylic acid groups (broad SMARTS) is 1. The van der Waals surface area contributed by atoms with E-state index in [-0.39, 0.29) is 23.7 Å². The Morgan fingerprint density at radius 1 is 1.05 bits per heavy atom. The zero-order valence-corrected chi connectivity index (χ0v) is 33.5. The third kappa shape index (κ3) is 6.19. The average molecular weight is 783 g/mol. The lowest BCUT2D eigenvalue weighted by Crippen LogP contribution is -2.48. The molecule has 8 rings (SSSR count). The number of nitrogens with zero attached hydrogens (tertiary/aromatic N) is 5. The summed E-state index contributed by atoms with van der Waals surface area (Å²) >= 11 is 13.9. The van der Waals surface area contributed by atoms with Gasteiger partial charge in [0.05, 0.1) is 41.2 Å². The number of alkyl halides is 1. The summed E-state index contributed by atoms with van der Waals surface area (Å²) in [6.45, 7) is 11.5. The first-order valence-electron chi connectivity index (χ1n) is 18.9. The van der Waals surface area contributed by atoms with Gasteiger partial charge in [-0.3, -0.25) is 14.4 Å². The zero-order chi connectivity index (χ0) is 38.9. The lowest BCUT2D eigenvalue weighted by Gasteiger charge is -2.39. The van der Waals surface area contributed by atoms with Gasteiger partial charge < -0.3 is 23.7 Å². The fourth-order valence-electron chi connectivity index (χ4n) is 8.78. The van der Waals surface area contributed by atoms with Gasteiger partial charge in [-0.25, -0.2) is 4.79 Å². The van der Waals surface area contributed by atoms with E-state index >= 15 is 4.79 Å². The molecule has 10 nitrogen and oxygen atoms in total. The van der Waals surface area contributed by atoms with Gasteiger partial charge in [0.1, 0.15) is 22.6 Å². The van der Waals surface area contributed by atoms with Crippen molar-refractivity contribution in [3.63, 3.8) is 0 Å². The van der Waals surface area contributed by atoms with Gasteiger partial charge in [0.25, 0.3) is 5.91 Å². The third-order valence-corrected chi connectivity index (χ3v) is 12.6. The van der Waals surface area contributed by atoms with E-state index in [9.17, 15) is 9.90 Å². The molecule has 1 amide bonds. The van der Waals surface area contributed by atoms with Crippen molar-refractivity contribution in [3.8, 4) is 16.9 Å². The maximum atomic E-state index is 15.4. The van der Waals surface area contributed by atoms with Crippen LogP contribution in [0.25, 0.3) is 32.9 Å². The molecule has 2 aliphatic rings. The molecule has 0 spiro atoms. The maximum Gasteiger partial charge on any atom is 0.352 e. The summed E-state index contributed by atoms with van der Waals surface area (Å²) in [4.78, 5) is 29.6. The minimum absolute atomic E-state index is 0.126. The maximum absolute atomic E-state index is 15.4. The number of anilines is 1. The minimum atomic E-state index is -1.04. The van der Waals surface area contributed by atoms with Gasteiger partial charge in [-0.15, -0.1) is 0 Å². The number of aromatic nitrogens is 4. The summed E-state index contributed by atoms with van der Waals surface area (Å²) < 4.78 is 18.0. The molecule has 0 saturated carbocycles. The van der Waals surface area contributed by atoms with Crippen LogP contribution in [0, 0.1) is 27.7 Å². The second kappa shape index (κ2) is 14.4. The van der Waals surface area contributed by atoms with Crippen LogP contribution in [0.1, 0.15) is 81.3 Å². The van der Waals surface area contributed by atoms with Crippen LogP contribution >= 0.6 is 23.2 Å². The molecule has 2 unspecified atom stereocenters. The fourth-order valence-corrected chi connectivity index (χ4v) is 9.20. The summed E-state index contributed by atoms with van der Waals surface area (Å²) in [5, 5.41) is 17.5. The molecular weight excluding hydrogens is 737 g/mol. The molecule has 3 atom stereocenters. The van der Waals surface area contributed by atoms with Crippen molar-refractivity contribution in [2.75, 3.05) is 18.1 Å². The Balaban J connectivity index is 1.27. The van der Waals surface area contributed by atoms with Crippen LogP contribution in [0.15, 0.2) is 54.6 Å². The highest BCUT2D eigenvalue weighted by Gasteiger charge is 2.42. The zero-order valence-electron chi connectivity index (χ0n) is 32.0. The minimum Gasteiger partial charge on any atom is -0.494 e. The number of benzene rings is 3. The molecule has 1 fully saturated rings. The fraction of sp³-hybridized carbons (Fsp3) is 0.372. The number of carbonyl (C=O) groups is 2. The quantitative estimate of drug-likeness (QED) is 0.0844. The number of ether oxygens (including phenoxy) is 2. The number of carbonyl (C=O) groups excluding carboxylic acids is 1. The van der Waals surface area contributed by atoms with Crippen LogP contribution in [0.3, 0.4) is 0 Å². The number of hydrogen-bond acceptors (Lipinski definition) is 5. The van der Waals surface area contributed by atoms with E-state index in [1.165, 1.54) is 0 Å². The number of rotatable bonds is 10. The molecule has 3 aromatic heterocycles. The van der Waals surface area contributed by atoms with E-state index < -0.39 is 11.5 Å². The van der Waals surface area contributed by atoms with E-state index in [1.807, 2.05) is 75.8 Å². The van der Waals surface area contributed by atoms with E-state index in [4.69, 9.17) is 37.8 Å². The molecule has 2 aliphatic heterocycles. The standard InChI is InChI=1S/C43H45Cl2N5O5/c1-23-19-30(20-24(2)37(23)44)55-18-10-15-32-31-13-8-14-33(36-25(3)46-47(6)26(36)4)39(31)49-27(5)41(45)50(42(51)40(32)49)34-16-7-11-28-21-35(43(52)53)48(38(28)34)22-29-12-9-17-54-29/h7-8,11,13-14,16,19-21,27,29,41H,9-10,12,15,17-18,22H2,1-6H3,(H,52,53)/t27?,29?,41-/m0/s1. The monoisotopic (exact) mass is 781 g/mol. The Bertz CT molecular complexity index is 2490. The van der Waals surface area contributed by atoms with Gasteiger partial charge in [-0.1, -0.05) is 53.5 Å². The molecule has 1 N–H and O–H groups in total. The first-order chi connectivity index (χ1) is 26.4. The number of aryl methyl sites for hydroxylation is 5. The second-order valence-corrected chi connectivity index (χ2v) is 15.8. The predicted molar refractivity (Wildman–Crippen MR) is 217 cm³/mol. The number of halogens is 2. The molecule has 12 heteroatoms. The summed E-state index contributed by atoms with van der Waals surface area (Å²) in [5.41, 5.74) is 8.86. The van der Waals surface area contributed by atoms with Gasteiger partial charge in [-0.05, 0) is 101 Å². The lowest BCUT2D eigenvalue weighted by molar-refractivity contribution is 0.0672. The van der Waals surface area contributed by atoms with Crippen molar-refractivity contribution in [1.29, 1.82) is 0 Å². The molecule has 55 heavy (non-hydrogen) atoms. The molecule has 1 saturated heterocycles. The van der Waals surface area contributed by atoms with Gasteiger partial charge in [0, 0.05) is 52.8 Å². The Hall–Kier alpha value is -4.77. The molecule has 3 aromatic carbocycles. The van der Waals surface area contributed by atoms with Gasteiger partial charge in [-0.2, -0.15) is 5.10 Å². The van der Waals surface area contributed by atoms with Crippen LogP contribution in [0.4, 0.5) is 5.69 Å². The summed E-state index contributed by atoms with van der Waals surface area (Å²) in [6, 6.07) is 17.1. The third-order valence-electron chi connectivity index (χ3n) is 11.4. The van der Waals surface area contributed by atoms with Crippen molar-refractivity contribution in [2.24, 2.45) is 7.05 Å². The molecule has 0 bridgehead atoms. The number of hydrogen-bond donors (Lipinski definition) is 1. The van der Waals surface area contributed by atoms with Crippen LogP contribution < -0.4 is 9.64 Å². The van der Waals surface area contributed by atoms with Crippen LogP contribution in [-0.2, 0) is 24.8 Å². The van der Waals surface area contributed by atoms with Gasteiger partial charge in [0.2, 0.25) is 0 Å². The Kier molecular flexibility index (Phi) is 9.72. The first kappa shape index (κ1) is 37.2.